The summed E-state index contributed by atoms with van der Waals surface area (Å²) < 4.78 is 18.4. The number of rotatable bonds is 10. The fourth-order valence-electron chi connectivity index (χ4n) is 3.82. The van der Waals surface area contributed by atoms with E-state index in [4.69, 9.17) is 25.8 Å². The van der Waals surface area contributed by atoms with Gasteiger partial charge in [-0.2, -0.15) is 0 Å². The first kappa shape index (κ1) is 25.5. The van der Waals surface area contributed by atoms with Gasteiger partial charge >= 0.3 is 11.9 Å². The third-order valence-electron chi connectivity index (χ3n) is 5.66. The quantitative estimate of drug-likeness (QED) is 0.152. The summed E-state index contributed by atoms with van der Waals surface area (Å²) in [6, 6.07) is 11.5. The largest absolute Gasteiger partial charge is 0.496 e. The number of fused-ring (bicyclic) bond motifs is 3. The predicted octanol–water partition coefficient (Wildman–Crippen LogP) is 8.36. The van der Waals surface area contributed by atoms with Crippen LogP contribution in [0.3, 0.4) is 0 Å². The average Bonchev–Trinajstić information content (AvgIpc) is 3.42. The molecule has 0 amide bonds. The molecule has 0 spiro atoms. The third-order valence-corrected chi connectivity index (χ3v) is 8.70. The number of halogens is 1. The number of carbonyl (C=O) groups is 2. The van der Waals surface area contributed by atoms with Crippen molar-refractivity contribution >= 4 is 66.4 Å². The van der Waals surface area contributed by atoms with Crippen molar-refractivity contribution in [2.45, 2.75) is 39.5 Å². The number of carbonyl (C=O) groups excluding carboxylic acids is 2. The zero-order chi connectivity index (χ0) is 24.9. The van der Waals surface area contributed by atoms with E-state index < -0.39 is 5.97 Å². The molecule has 0 N–H and O–H groups in total. The van der Waals surface area contributed by atoms with Crippen molar-refractivity contribution < 1.29 is 23.8 Å². The van der Waals surface area contributed by atoms with Crippen molar-refractivity contribution in [1.82, 2.24) is 0 Å². The number of methoxy groups -OCH3 is 1. The van der Waals surface area contributed by atoms with Crippen LogP contribution in [0.2, 0.25) is 5.02 Å². The average molecular weight is 531 g/mol. The Kier molecular flexibility index (Phi) is 8.31. The van der Waals surface area contributed by atoms with Crippen LogP contribution in [0.4, 0.5) is 0 Å². The topological polar surface area (TPSA) is 61.8 Å². The molecule has 2 heterocycles. The van der Waals surface area contributed by atoms with Gasteiger partial charge in [0.05, 0.1) is 34.7 Å². The van der Waals surface area contributed by atoms with Gasteiger partial charge in [0.15, 0.2) is 0 Å². The van der Waals surface area contributed by atoms with E-state index in [2.05, 4.69) is 6.92 Å². The Hall–Kier alpha value is -2.61. The van der Waals surface area contributed by atoms with Gasteiger partial charge in [0.2, 0.25) is 0 Å². The van der Waals surface area contributed by atoms with Crippen molar-refractivity contribution in [1.29, 1.82) is 0 Å². The lowest BCUT2D eigenvalue weighted by atomic mass is 10.0. The standard InChI is InChI=1S/C27H27ClO5S2/c1-4-6-14-32-26(29)24-20(16-10-8-9-11-19(16)31-3)17-12-13-18-21(28)25(27(30)33-15-7-5-2)35-23(18)22(17)34-24/h8-13H,4-7,14-15H2,1-3H3. The van der Waals surface area contributed by atoms with E-state index in [0.29, 0.717) is 33.7 Å². The molecular weight excluding hydrogens is 504 g/mol. The molecule has 0 saturated heterocycles. The number of esters is 2. The van der Waals surface area contributed by atoms with E-state index in [1.54, 1.807) is 7.11 Å². The molecule has 0 fully saturated rings. The Morgan fingerprint density at radius 3 is 2.06 bits per heavy atom. The van der Waals surface area contributed by atoms with Gasteiger partial charge in [-0.15, -0.1) is 22.7 Å². The molecule has 4 rings (SSSR count). The second kappa shape index (κ2) is 11.4. The molecule has 0 unspecified atom stereocenters. The van der Waals surface area contributed by atoms with Crippen molar-refractivity contribution in [2.24, 2.45) is 0 Å². The highest BCUT2D eigenvalue weighted by Gasteiger charge is 2.27. The van der Waals surface area contributed by atoms with Gasteiger partial charge in [-0.25, -0.2) is 9.59 Å². The molecule has 184 valence electrons. The molecule has 8 heteroatoms. The number of para-hydroxylation sites is 1. The van der Waals surface area contributed by atoms with E-state index >= 15 is 0 Å². The van der Waals surface area contributed by atoms with Crippen LogP contribution in [0.25, 0.3) is 31.3 Å². The molecule has 0 aliphatic carbocycles. The Bertz CT molecular complexity index is 1370. The lowest BCUT2D eigenvalue weighted by Gasteiger charge is -2.10. The van der Waals surface area contributed by atoms with E-state index in [1.165, 1.54) is 22.7 Å². The fraction of sp³-hybridized carbons (Fsp3) is 0.333. The molecule has 2 aromatic carbocycles. The van der Waals surface area contributed by atoms with Crippen LogP contribution in [0.15, 0.2) is 36.4 Å². The normalized spacial score (nSPS) is 11.2. The lowest BCUT2D eigenvalue weighted by molar-refractivity contribution is 0.0496. The molecule has 0 radical (unpaired) electrons. The second-order valence-corrected chi connectivity index (χ2v) is 10.5. The van der Waals surface area contributed by atoms with Crippen molar-refractivity contribution in [2.75, 3.05) is 20.3 Å². The van der Waals surface area contributed by atoms with Crippen molar-refractivity contribution in [3.8, 4) is 16.9 Å². The molecule has 35 heavy (non-hydrogen) atoms. The van der Waals surface area contributed by atoms with Gasteiger partial charge in [0.1, 0.15) is 15.5 Å². The highest BCUT2D eigenvalue weighted by molar-refractivity contribution is 7.29. The minimum Gasteiger partial charge on any atom is -0.496 e. The molecule has 4 aromatic rings. The van der Waals surface area contributed by atoms with Crippen LogP contribution in [-0.4, -0.2) is 32.3 Å². The summed E-state index contributed by atoms with van der Waals surface area (Å²) in [6.45, 7) is 4.82. The number of thiophene rings is 2. The maximum Gasteiger partial charge on any atom is 0.349 e. The number of hydrogen-bond acceptors (Lipinski definition) is 7. The summed E-state index contributed by atoms with van der Waals surface area (Å²) in [5.74, 6) is -0.117. The van der Waals surface area contributed by atoms with Crippen molar-refractivity contribution in [3.63, 3.8) is 0 Å². The number of ether oxygens (including phenoxy) is 3. The predicted molar refractivity (Wildman–Crippen MR) is 145 cm³/mol. The van der Waals surface area contributed by atoms with E-state index in [9.17, 15) is 9.59 Å². The first-order valence-corrected chi connectivity index (χ1v) is 13.7. The zero-order valence-corrected chi connectivity index (χ0v) is 22.3. The maximum absolute atomic E-state index is 13.2. The van der Waals surface area contributed by atoms with Gasteiger partial charge in [-0.05, 0) is 18.9 Å². The first-order valence-electron chi connectivity index (χ1n) is 11.7. The second-order valence-electron chi connectivity index (χ2n) is 8.05. The molecule has 0 aliphatic heterocycles. The molecule has 0 atom stereocenters. The van der Waals surface area contributed by atoms with Crippen LogP contribution in [0.1, 0.15) is 58.9 Å². The third kappa shape index (κ3) is 5.03. The maximum atomic E-state index is 13.2. The minimum atomic E-state index is -0.418. The van der Waals surface area contributed by atoms with Crippen LogP contribution in [0.5, 0.6) is 5.75 Å². The zero-order valence-electron chi connectivity index (χ0n) is 19.9. The number of unbranched alkanes of at least 4 members (excludes halogenated alkanes) is 2. The summed E-state index contributed by atoms with van der Waals surface area (Å²) in [5.41, 5.74) is 1.58. The summed E-state index contributed by atoms with van der Waals surface area (Å²) >= 11 is 9.28. The Balaban J connectivity index is 1.90. The highest BCUT2D eigenvalue weighted by Crippen LogP contribution is 2.48. The van der Waals surface area contributed by atoms with Crippen LogP contribution in [-0.2, 0) is 9.47 Å². The summed E-state index contributed by atoms with van der Waals surface area (Å²) in [5, 5.41) is 2.04. The van der Waals surface area contributed by atoms with Gasteiger partial charge < -0.3 is 14.2 Å². The van der Waals surface area contributed by atoms with Crippen LogP contribution >= 0.6 is 34.3 Å². The molecule has 2 aromatic heterocycles. The SMILES string of the molecule is CCCCOC(=O)c1sc2c(ccc3c(-c4ccccc4OC)c(C(=O)OCCCC)sc32)c1Cl. The molecular formula is C27H27ClO5S2. The van der Waals surface area contributed by atoms with E-state index in [-0.39, 0.29) is 5.97 Å². The Morgan fingerprint density at radius 2 is 1.40 bits per heavy atom. The van der Waals surface area contributed by atoms with Crippen LogP contribution < -0.4 is 4.74 Å². The monoisotopic (exact) mass is 530 g/mol. The minimum absolute atomic E-state index is 0.361. The number of hydrogen-bond donors (Lipinski definition) is 0. The lowest BCUT2D eigenvalue weighted by Crippen LogP contribution is -2.06. The summed E-state index contributed by atoms with van der Waals surface area (Å²) in [6.07, 6.45) is 3.47. The highest BCUT2D eigenvalue weighted by atomic mass is 35.5. The summed E-state index contributed by atoms with van der Waals surface area (Å²) in [7, 11) is 1.61. The number of benzene rings is 2. The summed E-state index contributed by atoms with van der Waals surface area (Å²) in [4.78, 5) is 26.8. The molecule has 0 aliphatic rings. The van der Waals surface area contributed by atoms with Gasteiger partial charge in [0, 0.05) is 21.9 Å². The van der Waals surface area contributed by atoms with Gasteiger partial charge in [0.25, 0.3) is 0 Å². The fourth-order valence-corrected chi connectivity index (χ4v) is 6.66. The molecule has 0 saturated carbocycles. The van der Waals surface area contributed by atoms with Crippen molar-refractivity contribution in [3.05, 3.63) is 51.2 Å². The van der Waals surface area contributed by atoms with Gasteiger partial charge in [-0.3, -0.25) is 0 Å². The Labute approximate surface area is 217 Å². The smallest absolute Gasteiger partial charge is 0.349 e. The van der Waals surface area contributed by atoms with Crippen LogP contribution in [0, 0.1) is 0 Å². The van der Waals surface area contributed by atoms with E-state index in [0.717, 1.165) is 57.0 Å². The molecule has 5 nitrogen and oxygen atoms in total. The molecule has 0 bridgehead atoms. The first-order chi connectivity index (χ1) is 17.0. The van der Waals surface area contributed by atoms with E-state index in [1.807, 2.05) is 43.3 Å². The van der Waals surface area contributed by atoms with Gasteiger partial charge in [-0.1, -0.05) is 68.6 Å². The Morgan fingerprint density at radius 1 is 0.829 bits per heavy atom.